The van der Waals surface area contributed by atoms with Gasteiger partial charge in [0, 0.05) is 12.2 Å². The Morgan fingerprint density at radius 1 is 1.45 bits per heavy atom. The van der Waals surface area contributed by atoms with E-state index in [9.17, 15) is 14.0 Å². The molecule has 0 aliphatic carbocycles. The van der Waals surface area contributed by atoms with Crippen molar-refractivity contribution in [1.82, 2.24) is 4.90 Å². The number of hydrogen-bond donors (Lipinski definition) is 2. The van der Waals surface area contributed by atoms with Gasteiger partial charge in [-0.25, -0.2) is 4.39 Å². The number of carboxylic acids is 1. The summed E-state index contributed by atoms with van der Waals surface area (Å²) in [6, 6.07) is 3.87. The van der Waals surface area contributed by atoms with Crippen LogP contribution in [-0.2, 0) is 9.59 Å². The zero-order chi connectivity index (χ0) is 14.4. The first-order chi connectivity index (χ1) is 8.88. The van der Waals surface area contributed by atoms with Crippen LogP contribution in [0.1, 0.15) is 6.42 Å². The Hall–Kier alpha value is -1.37. The van der Waals surface area contributed by atoms with Gasteiger partial charge in [0.25, 0.3) is 0 Å². The molecule has 1 aromatic carbocycles. The molecular formula is C12H15Cl2FN2O3. The number of aliphatic carboxylic acids is 1. The van der Waals surface area contributed by atoms with Crippen LogP contribution in [0.2, 0.25) is 5.02 Å². The predicted octanol–water partition coefficient (Wildman–Crippen LogP) is 2.25. The monoisotopic (exact) mass is 324 g/mol. The van der Waals surface area contributed by atoms with Crippen LogP contribution >= 0.6 is 24.0 Å². The number of halogens is 3. The lowest BCUT2D eigenvalue weighted by Gasteiger charge is -2.15. The van der Waals surface area contributed by atoms with Crippen molar-refractivity contribution in [2.75, 3.05) is 25.5 Å². The summed E-state index contributed by atoms with van der Waals surface area (Å²) in [6.07, 6.45) is -0.0356. The van der Waals surface area contributed by atoms with Gasteiger partial charge in [-0.05, 0) is 25.2 Å². The largest absolute Gasteiger partial charge is 0.481 e. The SMILES string of the molecule is CN(CCC(=O)O)CC(=O)Nc1ccc(F)c(Cl)c1.Cl. The van der Waals surface area contributed by atoms with Crippen molar-refractivity contribution < 1.29 is 19.1 Å². The first-order valence-electron chi connectivity index (χ1n) is 5.53. The fraction of sp³-hybridized carbons (Fsp3) is 0.333. The van der Waals surface area contributed by atoms with Gasteiger partial charge in [-0.1, -0.05) is 11.6 Å². The molecule has 1 aromatic rings. The van der Waals surface area contributed by atoms with E-state index in [-0.39, 0.29) is 42.8 Å². The summed E-state index contributed by atoms with van der Waals surface area (Å²) in [5.41, 5.74) is 0.392. The second-order valence-electron chi connectivity index (χ2n) is 4.06. The molecule has 0 saturated heterocycles. The highest BCUT2D eigenvalue weighted by Gasteiger charge is 2.09. The minimum absolute atomic E-state index is 0. The Balaban J connectivity index is 0.00000361. The molecule has 0 aromatic heterocycles. The topological polar surface area (TPSA) is 69.6 Å². The number of hydrogen-bond acceptors (Lipinski definition) is 3. The van der Waals surface area contributed by atoms with Crippen LogP contribution in [0, 0.1) is 5.82 Å². The van der Waals surface area contributed by atoms with E-state index in [1.54, 1.807) is 11.9 Å². The summed E-state index contributed by atoms with van der Waals surface area (Å²) < 4.78 is 12.9. The molecule has 0 unspecified atom stereocenters. The molecular weight excluding hydrogens is 310 g/mol. The van der Waals surface area contributed by atoms with Crippen molar-refractivity contribution >= 4 is 41.6 Å². The molecule has 0 spiro atoms. The van der Waals surface area contributed by atoms with Gasteiger partial charge in [-0.15, -0.1) is 12.4 Å². The minimum atomic E-state index is -0.919. The first kappa shape index (κ1) is 18.6. The van der Waals surface area contributed by atoms with E-state index < -0.39 is 11.8 Å². The van der Waals surface area contributed by atoms with Gasteiger partial charge in [0.15, 0.2) is 0 Å². The fourth-order valence-electron chi connectivity index (χ4n) is 1.39. The standard InChI is InChI=1S/C12H14ClFN2O3.ClH/c1-16(5-4-12(18)19)7-11(17)15-8-2-3-10(14)9(13)6-8;/h2-3,6H,4-5,7H2,1H3,(H,15,17)(H,18,19);1H. The lowest BCUT2D eigenvalue weighted by molar-refractivity contribution is -0.137. The van der Waals surface area contributed by atoms with Gasteiger partial charge in [0.2, 0.25) is 5.91 Å². The third-order valence-corrected chi connectivity index (χ3v) is 2.61. The normalized spacial score (nSPS) is 10.0. The van der Waals surface area contributed by atoms with E-state index in [0.717, 1.165) is 6.07 Å². The highest BCUT2D eigenvalue weighted by Crippen LogP contribution is 2.19. The Morgan fingerprint density at radius 2 is 2.10 bits per heavy atom. The van der Waals surface area contributed by atoms with E-state index >= 15 is 0 Å². The second kappa shape index (κ2) is 8.73. The van der Waals surface area contributed by atoms with E-state index in [4.69, 9.17) is 16.7 Å². The summed E-state index contributed by atoms with van der Waals surface area (Å²) in [4.78, 5) is 23.6. The fourth-order valence-corrected chi connectivity index (χ4v) is 1.57. The number of nitrogens with one attached hydrogen (secondary N) is 1. The van der Waals surface area contributed by atoms with Crippen LogP contribution in [0.25, 0.3) is 0 Å². The van der Waals surface area contributed by atoms with Crippen LogP contribution in [0.5, 0.6) is 0 Å². The second-order valence-corrected chi connectivity index (χ2v) is 4.47. The van der Waals surface area contributed by atoms with Gasteiger partial charge in [0.05, 0.1) is 18.0 Å². The molecule has 0 aliphatic rings. The average molecular weight is 325 g/mol. The lowest BCUT2D eigenvalue weighted by Crippen LogP contribution is -2.31. The Kier molecular flexibility index (Phi) is 8.13. The van der Waals surface area contributed by atoms with Gasteiger partial charge >= 0.3 is 5.97 Å². The Bertz CT molecular complexity index is 486. The van der Waals surface area contributed by atoms with Crippen molar-refractivity contribution in [2.24, 2.45) is 0 Å². The number of nitrogens with zero attached hydrogens (tertiary/aromatic N) is 1. The van der Waals surface area contributed by atoms with Crippen LogP contribution in [0.15, 0.2) is 18.2 Å². The smallest absolute Gasteiger partial charge is 0.304 e. The molecule has 0 bridgehead atoms. The van der Waals surface area contributed by atoms with Crippen molar-refractivity contribution in [2.45, 2.75) is 6.42 Å². The summed E-state index contributed by atoms with van der Waals surface area (Å²) >= 11 is 5.59. The van der Waals surface area contributed by atoms with Gasteiger partial charge in [-0.2, -0.15) is 0 Å². The number of likely N-dealkylation sites (N-methyl/N-ethyl adjacent to an activating group) is 1. The number of amides is 1. The quantitative estimate of drug-likeness (QED) is 0.842. The highest BCUT2D eigenvalue weighted by molar-refractivity contribution is 6.31. The maximum atomic E-state index is 12.9. The van der Waals surface area contributed by atoms with Crippen LogP contribution in [-0.4, -0.2) is 42.0 Å². The van der Waals surface area contributed by atoms with Gasteiger partial charge in [-0.3, -0.25) is 14.5 Å². The number of benzene rings is 1. The molecule has 8 heteroatoms. The maximum Gasteiger partial charge on any atom is 0.304 e. The number of carbonyl (C=O) groups excluding carboxylic acids is 1. The van der Waals surface area contributed by atoms with E-state index in [1.165, 1.54) is 12.1 Å². The third-order valence-electron chi connectivity index (χ3n) is 2.32. The molecule has 0 fully saturated rings. The van der Waals surface area contributed by atoms with Crippen LogP contribution in [0.4, 0.5) is 10.1 Å². The summed E-state index contributed by atoms with van der Waals surface area (Å²) in [7, 11) is 1.64. The summed E-state index contributed by atoms with van der Waals surface area (Å²) in [5.74, 6) is -1.80. The number of carbonyl (C=O) groups is 2. The molecule has 5 nitrogen and oxygen atoms in total. The molecule has 20 heavy (non-hydrogen) atoms. The number of rotatable bonds is 6. The highest BCUT2D eigenvalue weighted by atomic mass is 35.5. The third kappa shape index (κ3) is 6.70. The summed E-state index contributed by atoms with van der Waals surface area (Å²) in [5, 5.41) is 11.0. The molecule has 1 amide bonds. The van der Waals surface area contributed by atoms with E-state index in [2.05, 4.69) is 5.32 Å². The maximum absolute atomic E-state index is 12.9. The van der Waals surface area contributed by atoms with Crippen molar-refractivity contribution in [3.8, 4) is 0 Å². The van der Waals surface area contributed by atoms with Gasteiger partial charge < -0.3 is 10.4 Å². The number of carboxylic acid groups (broad SMARTS) is 1. The first-order valence-corrected chi connectivity index (χ1v) is 5.91. The van der Waals surface area contributed by atoms with Crippen molar-refractivity contribution in [3.05, 3.63) is 29.0 Å². The van der Waals surface area contributed by atoms with Crippen molar-refractivity contribution in [1.29, 1.82) is 0 Å². The molecule has 0 heterocycles. The molecule has 112 valence electrons. The van der Waals surface area contributed by atoms with Crippen LogP contribution in [0.3, 0.4) is 0 Å². The zero-order valence-corrected chi connectivity index (χ0v) is 12.3. The minimum Gasteiger partial charge on any atom is -0.481 e. The van der Waals surface area contributed by atoms with Crippen molar-refractivity contribution in [3.63, 3.8) is 0 Å². The predicted molar refractivity (Wildman–Crippen MR) is 77.0 cm³/mol. The number of anilines is 1. The molecule has 1 rings (SSSR count). The molecule has 2 N–H and O–H groups in total. The molecule has 0 radical (unpaired) electrons. The lowest BCUT2D eigenvalue weighted by atomic mass is 10.3. The molecule has 0 saturated carbocycles. The van der Waals surface area contributed by atoms with Gasteiger partial charge in [0.1, 0.15) is 5.82 Å². The zero-order valence-electron chi connectivity index (χ0n) is 10.7. The summed E-state index contributed by atoms with van der Waals surface area (Å²) in [6.45, 7) is 0.315. The molecule has 0 atom stereocenters. The molecule has 0 aliphatic heterocycles. The Labute approximate surface area is 127 Å². The van der Waals surface area contributed by atoms with E-state index in [1.807, 2.05) is 0 Å². The Morgan fingerprint density at radius 3 is 2.65 bits per heavy atom. The average Bonchev–Trinajstić information content (AvgIpc) is 2.31. The van der Waals surface area contributed by atoms with E-state index in [0.29, 0.717) is 5.69 Å². The van der Waals surface area contributed by atoms with Crippen LogP contribution < -0.4 is 5.32 Å².